The van der Waals surface area contributed by atoms with Crippen LogP contribution in [0.4, 0.5) is 0 Å². The van der Waals surface area contributed by atoms with Crippen LogP contribution >= 0.6 is 0 Å². The Hall–Kier alpha value is -0.910. The van der Waals surface area contributed by atoms with Crippen molar-refractivity contribution in [3.63, 3.8) is 0 Å². The Bertz CT molecular complexity index is 856. The summed E-state index contributed by atoms with van der Waals surface area (Å²) >= 11 is 0. The summed E-state index contributed by atoms with van der Waals surface area (Å²) in [7, 11) is 0. The number of carbonyl (C=O) groups excluding carboxylic acids is 1. The lowest BCUT2D eigenvalue weighted by atomic mass is 9.52. The minimum atomic E-state index is -0.237. The molecule has 3 N–H and O–H groups in total. The van der Waals surface area contributed by atoms with E-state index < -0.39 is 0 Å². The molecular formula is C29H46N2O3. The van der Waals surface area contributed by atoms with E-state index >= 15 is 0 Å². The van der Waals surface area contributed by atoms with E-state index in [9.17, 15) is 4.79 Å². The zero-order valence-corrected chi connectivity index (χ0v) is 21.6. The minimum Gasteiger partial charge on any atom is -0.461 e. The number of nitrogens with one attached hydrogen (secondary N) is 1. The van der Waals surface area contributed by atoms with E-state index in [0.717, 1.165) is 43.6 Å². The number of carbonyl (C=O) groups is 1. The van der Waals surface area contributed by atoms with Crippen LogP contribution < -0.4 is 11.1 Å². The molecule has 0 aromatic carbocycles. The first-order valence-electron chi connectivity index (χ1n) is 14.3. The molecule has 2 aliphatic heterocycles. The summed E-state index contributed by atoms with van der Waals surface area (Å²) in [6.45, 7) is 8.65. The highest BCUT2D eigenvalue weighted by Crippen LogP contribution is 2.65. The van der Waals surface area contributed by atoms with E-state index in [-0.39, 0.29) is 24.2 Å². The zero-order chi connectivity index (χ0) is 23.7. The maximum Gasteiger partial charge on any atom is 0.319 e. The second-order valence-corrected chi connectivity index (χ2v) is 13.1. The standard InChI is InChI=1S/C29H46N2O3/c1-17-15-29(18(2)27-25(34-29)5-4-12-31-27)11-9-21-22-7-6-19-13-20(33-26(32)16-30)8-10-28(19,3)24(22)14-23(17)21/h18-22,24-25,27,31H,4-16,30H2,1-3H3/t18-,19-,20+,21+,22+,24+,25-,27+,28+,29+/m1/s1. The number of ether oxygens (including phenoxy) is 2. The fraction of sp³-hybridized carbons (Fsp3) is 0.897. The largest absolute Gasteiger partial charge is 0.461 e. The van der Waals surface area contributed by atoms with Gasteiger partial charge in [0, 0.05) is 12.0 Å². The lowest BCUT2D eigenvalue weighted by Crippen LogP contribution is -2.48. The van der Waals surface area contributed by atoms with E-state index in [1.807, 2.05) is 5.57 Å². The molecule has 2 saturated heterocycles. The molecule has 0 aromatic heterocycles. The fourth-order valence-corrected chi connectivity index (χ4v) is 9.92. The number of nitrogens with two attached hydrogens (primary N) is 1. The number of hydrogen-bond donors (Lipinski definition) is 2. The van der Waals surface area contributed by atoms with Gasteiger partial charge in [-0.2, -0.15) is 0 Å². The van der Waals surface area contributed by atoms with Crippen molar-refractivity contribution in [2.75, 3.05) is 13.1 Å². The lowest BCUT2D eigenvalue weighted by Gasteiger charge is -2.54. The second-order valence-electron chi connectivity index (χ2n) is 13.1. The van der Waals surface area contributed by atoms with E-state index in [1.165, 1.54) is 51.4 Å². The average Bonchev–Trinajstić information content (AvgIpc) is 3.30. The fourth-order valence-electron chi connectivity index (χ4n) is 9.92. The van der Waals surface area contributed by atoms with Crippen LogP contribution in [-0.4, -0.2) is 42.9 Å². The average molecular weight is 471 g/mol. The van der Waals surface area contributed by atoms with Gasteiger partial charge >= 0.3 is 5.97 Å². The maximum absolute atomic E-state index is 11.8. The molecule has 10 atom stereocenters. The van der Waals surface area contributed by atoms with Gasteiger partial charge in [0.05, 0.1) is 18.2 Å². The van der Waals surface area contributed by atoms with Crippen molar-refractivity contribution in [3.8, 4) is 0 Å². The third-order valence-corrected chi connectivity index (χ3v) is 11.8. The van der Waals surface area contributed by atoms with Crippen molar-refractivity contribution in [2.45, 2.75) is 115 Å². The number of fused-ring (bicyclic) bond motifs is 6. The summed E-state index contributed by atoms with van der Waals surface area (Å²) in [6.07, 6.45) is 13.9. The van der Waals surface area contributed by atoms with Crippen LogP contribution in [0.5, 0.6) is 0 Å². The first-order valence-corrected chi connectivity index (χ1v) is 14.3. The van der Waals surface area contributed by atoms with Crippen molar-refractivity contribution in [1.82, 2.24) is 5.32 Å². The molecule has 0 unspecified atom stereocenters. The van der Waals surface area contributed by atoms with Crippen molar-refractivity contribution >= 4 is 5.97 Å². The Morgan fingerprint density at radius 2 is 2.06 bits per heavy atom. The first kappa shape index (κ1) is 23.5. The Morgan fingerprint density at radius 1 is 1.21 bits per heavy atom. The van der Waals surface area contributed by atoms with Gasteiger partial charge in [0.15, 0.2) is 0 Å². The molecule has 0 amide bonds. The lowest BCUT2D eigenvalue weighted by molar-refractivity contribution is -0.155. The minimum absolute atomic E-state index is 0.000373. The highest BCUT2D eigenvalue weighted by Gasteiger charge is 2.59. The topological polar surface area (TPSA) is 73.6 Å². The molecule has 6 rings (SSSR count). The molecule has 4 aliphatic carbocycles. The molecule has 34 heavy (non-hydrogen) atoms. The van der Waals surface area contributed by atoms with Crippen molar-refractivity contribution in [2.24, 2.45) is 40.7 Å². The summed E-state index contributed by atoms with van der Waals surface area (Å²) in [5, 5.41) is 3.81. The summed E-state index contributed by atoms with van der Waals surface area (Å²) in [6, 6.07) is 0.551. The quantitative estimate of drug-likeness (QED) is 0.451. The van der Waals surface area contributed by atoms with Gasteiger partial charge in [-0.05, 0) is 113 Å². The maximum atomic E-state index is 11.8. The predicted octanol–water partition coefficient (Wildman–Crippen LogP) is 4.74. The van der Waals surface area contributed by atoms with Crippen LogP contribution in [0.3, 0.4) is 0 Å². The second kappa shape index (κ2) is 8.59. The van der Waals surface area contributed by atoms with Crippen LogP contribution in [0.25, 0.3) is 0 Å². The smallest absolute Gasteiger partial charge is 0.319 e. The summed E-state index contributed by atoms with van der Waals surface area (Å²) in [4.78, 5) is 11.8. The molecule has 5 fully saturated rings. The Kier molecular flexibility index (Phi) is 5.93. The Labute approximate surface area is 206 Å². The van der Waals surface area contributed by atoms with Gasteiger partial charge in [0.2, 0.25) is 0 Å². The van der Waals surface area contributed by atoms with Crippen LogP contribution in [0.2, 0.25) is 0 Å². The predicted molar refractivity (Wildman–Crippen MR) is 133 cm³/mol. The molecule has 0 bridgehead atoms. The van der Waals surface area contributed by atoms with Crippen molar-refractivity contribution in [1.29, 1.82) is 0 Å². The Balaban J connectivity index is 1.21. The molecule has 6 aliphatic rings. The van der Waals surface area contributed by atoms with Gasteiger partial charge in [-0.15, -0.1) is 0 Å². The van der Waals surface area contributed by atoms with E-state index in [1.54, 1.807) is 5.57 Å². The summed E-state index contributed by atoms with van der Waals surface area (Å²) < 4.78 is 12.7. The van der Waals surface area contributed by atoms with Crippen LogP contribution in [0, 0.1) is 35.0 Å². The van der Waals surface area contributed by atoms with E-state index in [2.05, 4.69) is 26.1 Å². The molecule has 0 radical (unpaired) electrons. The van der Waals surface area contributed by atoms with Gasteiger partial charge < -0.3 is 20.5 Å². The van der Waals surface area contributed by atoms with Crippen LogP contribution in [0.1, 0.15) is 91.4 Å². The molecule has 5 heteroatoms. The van der Waals surface area contributed by atoms with Crippen LogP contribution in [-0.2, 0) is 14.3 Å². The number of allylic oxidation sites excluding steroid dienone is 1. The van der Waals surface area contributed by atoms with Crippen LogP contribution in [0.15, 0.2) is 11.1 Å². The van der Waals surface area contributed by atoms with E-state index in [4.69, 9.17) is 15.2 Å². The number of rotatable bonds is 2. The third kappa shape index (κ3) is 3.55. The van der Waals surface area contributed by atoms with Gasteiger partial charge in [-0.25, -0.2) is 0 Å². The number of piperidine rings is 1. The Morgan fingerprint density at radius 3 is 2.85 bits per heavy atom. The van der Waals surface area contributed by atoms with E-state index in [0.29, 0.717) is 29.4 Å². The molecule has 190 valence electrons. The van der Waals surface area contributed by atoms with Crippen molar-refractivity contribution < 1.29 is 14.3 Å². The molecular weight excluding hydrogens is 424 g/mol. The third-order valence-electron chi connectivity index (χ3n) is 11.8. The SMILES string of the molecule is CC1=C2C[C@H]3[C@@H](CC[C@@H]4C[C@@H](OC(=O)CN)CC[C@@]43C)[C@@H]2CC[C@@]2(C1)O[C@@H]1CCCN[C@H]1[C@H]2C. The van der Waals surface area contributed by atoms with Gasteiger partial charge in [-0.3, -0.25) is 4.79 Å². The number of esters is 1. The monoisotopic (exact) mass is 470 g/mol. The van der Waals surface area contributed by atoms with Crippen molar-refractivity contribution in [3.05, 3.63) is 11.1 Å². The highest BCUT2D eigenvalue weighted by molar-refractivity contribution is 5.71. The summed E-state index contributed by atoms with van der Waals surface area (Å²) in [5.41, 5.74) is 9.41. The normalized spacial score (nSPS) is 50.2. The van der Waals surface area contributed by atoms with Gasteiger partial charge in [0.1, 0.15) is 6.10 Å². The van der Waals surface area contributed by atoms with Gasteiger partial charge in [0.25, 0.3) is 0 Å². The molecule has 5 nitrogen and oxygen atoms in total. The zero-order valence-electron chi connectivity index (χ0n) is 21.6. The molecule has 2 heterocycles. The molecule has 1 spiro atoms. The van der Waals surface area contributed by atoms with Gasteiger partial charge in [-0.1, -0.05) is 25.0 Å². The summed E-state index contributed by atoms with van der Waals surface area (Å²) in [5.74, 6) is 3.44. The first-order chi connectivity index (χ1) is 16.3. The highest BCUT2D eigenvalue weighted by atomic mass is 16.5. The molecule has 0 aromatic rings. The molecule has 3 saturated carbocycles. The number of hydrogen-bond acceptors (Lipinski definition) is 5.